The molecule has 0 saturated carbocycles. The van der Waals surface area contributed by atoms with Crippen LogP contribution in [-0.2, 0) is 5.41 Å². The van der Waals surface area contributed by atoms with Gasteiger partial charge in [0, 0.05) is 33.2 Å². The summed E-state index contributed by atoms with van der Waals surface area (Å²) in [6.07, 6.45) is 2.07. The van der Waals surface area contributed by atoms with E-state index in [2.05, 4.69) is 158 Å². The van der Waals surface area contributed by atoms with Crippen LogP contribution in [0, 0.1) is 0 Å². The Morgan fingerprint density at radius 1 is 0.535 bits per heavy atom. The molecule has 0 atom stereocenters. The molecule has 208 valence electrons. The Morgan fingerprint density at radius 3 is 1.91 bits per heavy atom. The Kier molecular flexibility index (Phi) is 5.97. The fraction of sp³-hybridized carbons (Fsp3) is 0.122. The maximum Gasteiger partial charge on any atom is 0.135 e. The zero-order chi connectivity index (χ0) is 29.0. The second kappa shape index (κ2) is 10.0. The summed E-state index contributed by atoms with van der Waals surface area (Å²) in [7, 11) is 0. The van der Waals surface area contributed by atoms with Crippen LogP contribution in [0.3, 0.4) is 0 Å². The number of para-hydroxylation sites is 2. The van der Waals surface area contributed by atoms with Crippen molar-refractivity contribution in [3.05, 3.63) is 151 Å². The molecule has 0 aliphatic heterocycles. The van der Waals surface area contributed by atoms with Gasteiger partial charge in [-0.3, -0.25) is 0 Å². The topological polar surface area (TPSA) is 16.4 Å². The van der Waals surface area contributed by atoms with Crippen LogP contribution in [0.1, 0.15) is 37.8 Å². The van der Waals surface area contributed by atoms with Crippen LogP contribution < -0.4 is 4.90 Å². The van der Waals surface area contributed by atoms with Crippen molar-refractivity contribution in [2.45, 2.75) is 32.1 Å². The molecule has 0 radical (unpaired) electrons. The average Bonchev–Trinajstić information content (AvgIpc) is 3.59. The molecule has 1 aromatic heterocycles. The maximum absolute atomic E-state index is 6.37. The zero-order valence-electron chi connectivity index (χ0n) is 24.5. The molecule has 2 heteroatoms. The minimum atomic E-state index is -0.0652. The lowest BCUT2D eigenvalue weighted by atomic mass is 9.72. The molecule has 7 aromatic rings. The monoisotopic (exact) mass is 555 g/mol. The highest BCUT2D eigenvalue weighted by Gasteiger charge is 2.43. The smallest absolute Gasteiger partial charge is 0.135 e. The van der Waals surface area contributed by atoms with E-state index in [1.54, 1.807) is 0 Å². The Balaban J connectivity index is 1.33. The first-order valence-electron chi connectivity index (χ1n) is 15.3. The third kappa shape index (κ3) is 3.87. The van der Waals surface area contributed by atoms with Crippen LogP contribution >= 0.6 is 0 Å². The molecule has 8 rings (SSSR count). The number of rotatable bonds is 6. The van der Waals surface area contributed by atoms with E-state index in [9.17, 15) is 0 Å². The molecule has 0 amide bonds. The molecule has 2 nitrogen and oxygen atoms in total. The average molecular weight is 556 g/mol. The zero-order valence-corrected chi connectivity index (χ0v) is 24.5. The molecular weight excluding hydrogens is 522 g/mol. The van der Waals surface area contributed by atoms with Gasteiger partial charge in [0.15, 0.2) is 0 Å². The molecule has 0 saturated heterocycles. The van der Waals surface area contributed by atoms with Gasteiger partial charge in [-0.05, 0) is 94.8 Å². The van der Waals surface area contributed by atoms with Gasteiger partial charge in [-0.2, -0.15) is 0 Å². The summed E-state index contributed by atoms with van der Waals surface area (Å²) in [5.41, 5.74) is 13.2. The highest BCUT2D eigenvalue weighted by atomic mass is 16.3. The van der Waals surface area contributed by atoms with Crippen molar-refractivity contribution in [2.24, 2.45) is 0 Å². The van der Waals surface area contributed by atoms with Gasteiger partial charge in [0.1, 0.15) is 11.2 Å². The third-order valence-electron chi connectivity index (χ3n) is 9.54. The number of nitrogens with zero attached hydrogens (tertiary/aromatic N) is 1. The highest BCUT2D eigenvalue weighted by Crippen LogP contribution is 2.57. The van der Waals surface area contributed by atoms with Crippen LogP contribution in [-0.4, -0.2) is 0 Å². The number of fused-ring (bicyclic) bond motifs is 7. The Labute approximate surface area is 252 Å². The maximum atomic E-state index is 6.37. The summed E-state index contributed by atoms with van der Waals surface area (Å²) in [6, 6.07) is 50.2. The Morgan fingerprint density at radius 2 is 1.16 bits per heavy atom. The standard InChI is InChI=1S/C41H33NO/c1-3-41(4-2)36-25-23-32(27-35(36)33-24-26-38-39(40(33)41)34-17-11-12-18-37(34)43-38)42(30-15-9-6-10-16-30)31-21-19-29(20-22-31)28-13-7-5-8-14-28/h5-27H,3-4H2,1-2H3. The number of hydrogen-bond donors (Lipinski definition) is 0. The van der Waals surface area contributed by atoms with Gasteiger partial charge in [-0.15, -0.1) is 0 Å². The van der Waals surface area contributed by atoms with Crippen molar-refractivity contribution in [2.75, 3.05) is 4.90 Å². The molecule has 0 N–H and O–H groups in total. The number of hydrogen-bond acceptors (Lipinski definition) is 2. The summed E-state index contributed by atoms with van der Waals surface area (Å²) in [4.78, 5) is 2.37. The molecule has 0 unspecified atom stereocenters. The van der Waals surface area contributed by atoms with Gasteiger partial charge in [-0.25, -0.2) is 0 Å². The largest absolute Gasteiger partial charge is 0.456 e. The molecule has 1 aliphatic rings. The van der Waals surface area contributed by atoms with Gasteiger partial charge < -0.3 is 9.32 Å². The second-order valence-corrected chi connectivity index (χ2v) is 11.6. The summed E-state index contributed by atoms with van der Waals surface area (Å²) in [5, 5.41) is 2.48. The normalized spacial score (nSPS) is 13.3. The molecule has 0 spiro atoms. The minimum Gasteiger partial charge on any atom is -0.456 e. The molecule has 43 heavy (non-hydrogen) atoms. The van der Waals surface area contributed by atoms with Crippen molar-refractivity contribution in [3.8, 4) is 22.3 Å². The van der Waals surface area contributed by atoms with Crippen LogP contribution in [0.15, 0.2) is 144 Å². The molecule has 0 fully saturated rings. The lowest BCUT2D eigenvalue weighted by molar-refractivity contribution is 0.494. The number of benzene rings is 6. The second-order valence-electron chi connectivity index (χ2n) is 11.6. The fourth-order valence-corrected chi connectivity index (χ4v) is 7.43. The van der Waals surface area contributed by atoms with Crippen molar-refractivity contribution in [3.63, 3.8) is 0 Å². The van der Waals surface area contributed by atoms with Crippen LogP contribution in [0.2, 0.25) is 0 Å². The summed E-state index contributed by atoms with van der Waals surface area (Å²) in [6.45, 7) is 4.67. The van der Waals surface area contributed by atoms with Crippen LogP contribution in [0.5, 0.6) is 0 Å². The quantitative estimate of drug-likeness (QED) is 0.203. The van der Waals surface area contributed by atoms with Crippen LogP contribution in [0.4, 0.5) is 17.1 Å². The first kappa shape index (κ1) is 25.6. The van der Waals surface area contributed by atoms with E-state index in [1.807, 2.05) is 0 Å². The predicted octanol–water partition coefficient (Wildman–Crippen LogP) is 11.8. The molecule has 1 aliphatic carbocycles. The lowest BCUT2D eigenvalue weighted by Crippen LogP contribution is -2.23. The molecule has 6 aromatic carbocycles. The molecule has 0 bridgehead atoms. The van der Waals surface area contributed by atoms with Crippen molar-refractivity contribution in [1.29, 1.82) is 0 Å². The van der Waals surface area contributed by atoms with Gasteiger partial charge in [0.25, 0.3) is 0 Å². The minimum absolute atomic E-state index is 0.0652. The summed E-state index contributed by atoms with van der Waals surface area (Å²) >= 11 is 0. The van der Waals surface area contributed by atoms with Gasteiger partial charge >= 0.3 is 0 Å². The van der Waals surface area contributed by atoms with E-state index in [4.69, 9.17) is 4.42 Å². The number of anilines is 3. The van der Waals surface area contributed by atoms with Gasteiger partial charge in [-0.1, -0.05) is 105 Å². The van der Waals surface area contributed by atoms with Crippen molar-refractivity contribution in [1.82, 2.24) is 0 Å². The molecular formula is C41H33NO. The van der Waals surface area contributed by atoms with Crippen molar-refractivity contribution < 1.29 is 4.42 Å². The summed E-state index contributed by atoms with van der Waals surface area (Å²) in [5.74, 6) is 0. The Bertz CT molecular complexity index is 2080. The van der Waals surface area contributed by atoms with Gasteiger partial charge in [0.05, 0.1) is 0 Å². The number of furan rings is 1. The first-order chi connectivity index (χ1) is 21.2. The van der Waals surface area contributed by atoms with E-state index in [0.717, 1.165) is 41.1 Å². The van der Waals surface area contributed by atoms with E-state index >= 15 is 0 Å². The van der Waals surface area contributed by atoms with E-state index in [1.165, 1.54) is 44.2 Å². The van der Waals surface area contributed by atoms with E-state index in [-0.39, 0.29) is 5.41 Å². The van der Waals surface area contributed by atoms with E-state index < -0.39 is 0 Å². The molecule has 1 heterocycles. The van der Waals surface area contributed by atoms with E-state index in [0.29, 0.717) is 0 Å². The first-order valence-corrected chi connectivity index (χ1v) is 15.3. The third-order valence-corrected chi connectivity index (χ3v) is 9.54. The summed E-state index contributed by atoms with van der Waals surface area (Å²) < 4.78 is 6.37. The van der Waals surface area contributed by atoms with Gasteiger partial charge in [0.2, 0.25) is 0 Å². The highest BCUT2D eigenvalue weighted by molar-refractivity contribution is 6.11. The Hall–Kier alpha value is -5.08. The van der Waals surface area contributed by atoms with Crippen LogP contribution in [0.25, 0.3) is 44.2 Å². The fourth-order valence-electron chi connectivity index (χ4n) is 7.43. The lowest BCUT2D eigenvalue weighted by Gasteiger charge is -2.31. The van der Waals surface area contributed by atoms with Crippen molar-refractivity contribution >= 4 is 39.0 Å². The SMILES string of the molecule is CCC1(CC)c2ccc(N(c3ccccc3)c3ccc(-c4ccccc4)cc3)cc2-c2ccc3oc4ccccc4c3c21. The predicted molar refractivity (Wildman–Crippen MR) is 181 cm³/mol.